The maximum absolute atomic E-state index is 13.9. The predicted octanol–water partition coefficient (Wildman–Crippen LogP) is 6.00. The van der Waals surface area contributed by atoms with E-state index in [1.807, 2.05) is 91.0 Å². The molecule has 0 saturated carbocycles. The quantitative estimate of drug-likeness (QED) is 0.159. The van der Waals surface area contributed by atoms with Crippen LogP contribution in [-0.2, 0) is 28.5 Å². The molecule has 45 heavy (non-hydrogen) atoms. The molecule has 5 atom stereocenters. The molecule has 3 aliphatic rings. The molecule has 228 valence electrons. The minimum absolute atomic E-state index is 0. The molecular formula is C35H30N2O7S. The van der Waals surface area contributed by atoms with Gasteiger partial charge in [-0.3, -0.25) is 19.8 Å². The number of para-hydroxylation sites is 1. The van der Waals surface area contributed by atoms with Gasteiger partial charge in [-0.15, -0.1) is 0 Å². The van der Waals surface area contributed by atoms with E-state index in [1.54, 1.807) is 24.3 Å². The van der Waals surface area contributed by atoms with Crippen molar-refractivity contribution in [3.63, 3.8) is 0 Å². The summed E-state index contributed by atoms with van der Waals surface area (Å²) in [6, 6.07) is 35.2. The second kappa shape index (κ2) is 12.7. The zero-order chi connectivity index (χ0) is 30.8. The Bertz CT molecular complexity index is 1720. The number of carbonyl (C=O) groups excluding carboxylic acids is 2. The Morgan fingerprint density at radius 2 is 1.36 bits per heavy atom. The minimum Gasteiger partial charge on any atom is -0.457 e. The van der Waals surface area contributed by atoms with Crippen LogP contribution in [0.25, 0.3) is 0 Å². The molecule has 3 saturated heterocycles. The van der Waals surface area contributed by atoms with Gasteiger partial charge in [-0.05, 0) is 54.7 Å². The normalized spacial score (nSPS) is 25.9. The van der Waals surface area contributed by atoms with Crippen LogP contribution in [0.15, 0.2) is 127 Å². The molecule has 2 unspecified atom stereocenters. The van der Waals surface area contributed by atoms with Crippen molar-refractivity contribution >= 4 is 34.8 Å². The molecule has 0 aliphatic carbocycles. The van der Waals surface area contributed by atoms with E-state index < -0.39 is 42.7 Å². The highest BCUT2D eigenvalue weighted by molar-refractivity contribution is 7.80. The summed E-state index contributed by atoms with van der Waals surface area (Å²) in [6.07, 6.45) is -1.97. The third-order valence-corrected chi connectivity index (χ3v) is 7.90. The molecule has 3 fully saturated rings. The van der Waals surface area contributed by atoms with Gasteiger partial charge in [-0.25, -0.2) is 0 Å². The van der Waals surface area contributed by atoms with Crippen LogP contribution in [0, 0.1) is 0 Å². The van der Waals surface area contributed by atoms with Crippen LogP contribution in [-0.4, -0.2) is 41.8 Å². The van der Waals surface area contributed by atoms with Gasteiger partial charge in [0.05, 0.1) is 12.3 Å². The number of fused-ring (bicyclic) bond motifs is 1. The van der Waals surface area contributed by atoms with Crippen LogP contribution in [0.1, 0.15) is 25.1 Å². The Labute approximate surface area is 266 Å². The van der Waals surface area contributed by atoms with Crippen LogP contribution in [0.2, 0.25) is 0 Å². The number of thiocarbonyl (C=S) groups is 1. The Balaban J connectivity index is 0.00000372. The highest BCUT2D eigenvalue weighted by Crippen LogP contribution is 2.39. The molecule has 3 aliphatic heterocycles. The first kappa shape index (κ1) is 29.0. The largest absolute Gasteiger partial charge is 0.457 e. The van der Waals surface area contributed by atoms with Gasteiger partial charge >= 0.3 is 0 Å². The summed E-state index contributed by atoms with van der Waals surface area (Å²) in [5.74, 6) is 0.0500. The number of rotatable bonds is 6. The van der Waals surface area contributed by atoms with Crippen molar-refractivity contribution in [1.82, 2.24) is 5.32 Å². The number of anilines is 1. The number of carbonyl (C=O) groups is 2. The molecular weight excluding hydrogens is 592 g/mol. The smallest absolute Gasteiger partial charge is 0.269 e. The highest BCUT2D eigenvalue weighted by atomic mass is 32.1. The van der Waals surface area contributed by atoms with E-state index in [0.29, 0.717) is 17.2 Å². The third kappa shape index (κ3) is 6.15. The van der Waals surface area contributed by atoms with Gasteiger partial charge < -0.3 is 23.7 Å². The highest BCUT2D eigenvalue weighted by Gasteiger charge is 2.46. The van der Waals surface area contributed by atoms with Crippen LogP contribution < -0.4 is 15.0 Å². The number of hydrogen-bond acceptors (Lipinski definition) is 8. The van der Waals surface area contributed by atoms with Crippen LogP contribution in [0.5, 0.6) is 11.5 Å². The van der Waals surface area contributed by atoms with Crippen molar-refractivity contribution in [2.75, 3.05) is 11.5 Å². The molecule has 0 radical (unpaired) electrons. The number of ether oxygens (including phenoxy) is 5. The average molecular weight is 623 g/mol. The summed E-state index contributed by atoms with van der Waals surface area (Å²) in [4.78, 5) is 28.4. The Kier molecular flexibility index (Phi) is 8.21. The van der Waals surface area contributed by atoms with Crippen LogP contribution in [0.4, 0.5) is 5.69 Å². The lowest BCUT2D eigenvalue weighted by molar-refractivity contribution is -0.356. The van der Waals surface area contributed by atoms with E-state index in [2.05, 4.69) is 5.32 Å². The summed E-state index contributed by atoms with van der Waals surface area (Å²) in [5.41, 5.74) is 1.95. The van der Waals surface area contributed by atoms with Crippen molar-refractivity contribution in [1.29, 1.82) is 0 Å². The topological polar surface area (TPSA) is 95.6 Å². The fraction of sp³-hybridized carbons (Fsp3) is 0.171. The van der Waals surface area contributed by atoms with Crippen LogP contribution in [0.3, 0.4) is 0 Å². The monoisotopic (exact) mass is 622 g/mol. The lowest BCUT2D eigenvalue weighted by atomic mass is 9.99. The Morgan fingerprint density at radius 3 is 2.02 bits per heavy atom. The summed E-state index contributed by atoms with van der Waals surface area (Å²) in [5, 5.41) is 2.62. The van der Waals surface area contributed by atoms with E-state index in [4.69, 9.17) is 35.9 Å². The summed E-state index contributed by atoms with van der Waals surface area (Å²) < 4.78 is 30.9. The van der Waals surface area contributed by atoms with Crippen LogP contribution >= 0.6 is 12.2 Å². The molecule has 4 aromatic rings. The number of amides is 2. The van der Waals surface area contributed by atoms with Crippen molar-refractivity contribution < 1.29 is 34.7 Å². The third-order valence-electron chi connectivity index (χ3n) is 7.61. The molecule has 3 heterocycles. The van der Waals surface area contributed by atoms with Crippen molar-refractivity contribution in [2.45, 2.75) is 30.9 Å². The van der Waals surface area contributed by atoms with E-state index in [9.17, 15) is 9.59 Å². The summed E-state index contributed by atoms with van der Waals surface area (Å²) in [7, 11) is 0. The molecule has 0 bridgehead atoms. The predicted molar refractivity (Wildman–Crippen MR) is 170 cm³/mol. The summed E-state index contributed by atoms with van der Waals surface area (Å²) >= 11 is 5.43. The van der Waals surface area contributed by atoms with Gasteiger partial charge in [0.2, 0.25) is 0 Å². The lowest BCUT2D eigenvalue weighted by Gasteiger charge is -2.45. The second-order valence-electron chi connectivity index (χ2n) is 10.6. The van der Waals surface area contributed by atoms with E-state index in [-0.39, 0.29) is 18.7 Å². The van der Waals surface area contributed by atoms with Gasteiger partial charge in [-0.2, -0.15) is 0 Å². The van der Waals surface area contributed by atoms with Crippen molar-refractivity contribution in [2.24, 2.45) is 0 Å². The minimum atomic E-state index is -0.830. The van der Waals surface area contributed by atoms with Gasteiger partial charge in [0.15, 0.2) is 17.7 Å². The first-order valence-electron chi connectivity index (χ1n) is 14.5. The fourth-order valence-corrected chi connectivity index (χ4v) is 5.69. The first-order valence-corrected chi connectivity index (χ1v) is 14.9. The molecule has 4 aromatic carbocycles. The average Bonchev–Trinajstić information content (AvgIpc) is 3.08. The van der Waals surface area contributed by atoms with Crippen molar-refractivity contribution in [3.05, 3.63) is 138 Å². The molecule has 9 nitrogen and oxygen atoms in total. The van der Waals surface area contributed by atoms with E-state index >= 15 is 0 Å². The molecule has 10 heteroatoms. The number of nitrogens with one attached hydrogen (secondary N) is 1. The zero-order valence-corrected chi connectivity index (χ0v) is 24.7. The number of benzene rings is 4. The molecule has 7 rings (SSSR count). The Morgan fingerprint density at radius 1 is 0.756 bits per heavy atom. The van der Waals surface area contributed by atoms with E-state index in [0.717, 1.165) is 11.1 Å². The molecule has 0 spiro atoms. The fourth-order valence-electron chi connectivity index (χ4n) is 5.41. The molecule has 2 amide bonds. The SMILES string of the molecule is O=C1NC(=S)N(c2ccc(Oc3ccccc3)cc2)C(=O)/C1=C/C1OC(c2ccccc2)O[C@@H]2CO[C@@H](c3ccccc3)O[C@H]12.[HH]. The zero-order valence-electron chi connectivity index (χ0n) is 23.9. The maximum Gasteiger partial charge on any atom is 0.269 e. The summed E-state index contributed by atoms with van der Waals surface area (Å²) in [6.45, 7) is 0.227. The first-order chi connectivity index (χ1) is 22.0. The standard InChI is InChI=1S/C35H28N2O7S.H2/c38-31-27(32(39)37(35(45)36-31)24-16-18-26(19-17-24)41-25-14-8-3-9-15-25)20-28-30-29(43-34(42-28)23-12-6-2-7-13-23)21-40-33(44-30)22-10-4-1-5-11-22;/h1-20,28-30,33-34H,21H2,(H,36,38,45);1H/b27-20+;/t28?,29-,30-,33-,34?;/m1./s1. The lowest BCUT2D eigenvalue weighted by Crippen LogP contribution is -2.56. The van der Waals surface area contributed by atoms with Crippen molar-refractivity contribution in [3.8, 4) is 11.5 Å². The molecule has 1 N–H and O–H groups in total. The molecule has 0 aromatic heterocycles. The Hall–Kier alpha value is -4.71. The van der Waals surface area contributed by atoms with Gasteiger partial charge in [-0.1, -0.05) is 78.9 Å². The second-order valence-corrected chi connectivity index (χ2v) is 11.0. The number of hydrogen-bond donors (Lipinski definition) is 1. The van der Waals surface area contributed by atoms with Gasteiger partial charge in [0, 0.05) is 12.6 Å². The number of nitrogens with zero attached hydrogens (tertiary/aromatic N) is 1. The van der Waals surface area contributed by atoms with E-state index in [1.165, 1.54) is 11.0 Å². The maximum atomic E-state index is 13.9. The van der Waals surface area contributed by atoms with Gasteiger partial charge in [0.25, 0.3) is 11.8 Å². The van der Waals surface area contributed by atoms with Gasteiger partial charge in [0.1, 0.15) is 35.4 Å².